The van der Waals surface area contributed by atoms with Crippen LogP contribution in [0.4, 0.5) is 14.9 Å². The number of urea groups is 1. The highest BCUT2D eigenvalue weighted by atomic mass is 19.1. The Kier molecular flexibility index (Phi) is 5.01. The molecule has 3 N–H and O–H groups in total. The summed E-state index contributed by atoms with van der Waals surface area (Å²) in [5.41, 5.74) is 4.32. The van der Waals surface area contributed by atoms with Crippen molar-refractivity contribution in [3.05, 3.63) is 95.6 Å². The van der Waals surface area contributed by atoms with E-state index in [2.05, 4.69) is 20.6 Å². The number of H-pyrrole nitrogens is 1. The number of pyridine rings is 1. The number of halogens is 1. The van der Waals surface area contributed by atoms with Crippen LogP contribution in [0, 0.1) is 5.82 Å². The van der Waals surface area contributed by atoms with Gasteiger partial charge < -0.3 is 15.6 Å². The van der Waals surface area contributed by atoms with Crippen molar-refractivity contribution in [3.8, 4) is 0 Å². The smallest absolute Gasteiger partial charge is 0.319 e. The van der Waals surface area contributed by atoms with Crippen LogP contribution in [-0.4, -0.2) is 16.0 Å². The van der Waals surface area contributed by atoms with Gasteiger partial charge >= 0.3 is 6.03 Å². The fourth-order valence-electron chi connectivity index (χ4n) is 3.09. The zero-order valence-electron chi connectivity index (χ0n) is 15.1. The minimum atomic E-state index is -0.376. The Morgan fingerprint density at radius 2 is 1.82 bits per heavy atom. The van der Waals surface area contributed by atoms with E-state index in [0.717, 1.165) is 23.0 Å². The Hall–Kier alpha value is -3.67. The van der Waals surface area contributed by atoms with Gasteiger partial charge in [-0.05, 0) is 47.9 Å². The van der Waals surface area contributed by atoms with Crippen LogP contribution in [0.2, 0.25) is 0 Å². The molecule has 6 heteroatoms. The highest BCUT2D eigenvalue weighted by Crippen LogP contribution is 2.20. The molecule has 0 unspecified atom stereocenters. The van der Waals surface area contributed by atoms with Crippen molar-refractivity contribution in [2.24, 2.45) is 0 Å². The van der Waals surface area contributed by atoms with E-state index in [-0.39, 0.29) is 18.4 Å². The number of hydrogen-bond donors (Lipinski definition) is 3. The fraction of sp³-hybridized carbons (Fsp3) is 0.0909. The number of carbonyl (C=O) groups is 1. The number of fused-ring (bicyclic) bond motifs is 1. The zero-order valence-corrected chi connectivity index (χ0v) is 15.1. The highest BCUT2D eigenvalue weighted by Gasteiger charge is 2.06. The maximum Gasteiger partial charge on any atom is 0.319 e. The van der Waals surface area contributed by atoms with Crippen molar-refractivity contribution in [2.45, 2.75) is 13.0 Å². The van der Waals surface area contributed by atoms with Gasteiger partial charge in [0.1, 0.15) is 11.5 Å². The van der Waals surface area contributed by atoms with Crippen molar-refractivity contribution in [3.63, 3.8) is 0 Å². The lowest BCUT2D eigenvalue weighted by molar-refractivity contribution is 0.251. The number of nitrogens with one attached hydrogen (secondary N) is 3. The molecule has 140 valence electrons. The number of aromatic nitrogens is 2. The van der Waals surface area contributed by atoms with Crippen molar-refractivity contribution < 1.29 is 9.18 Å². The number of benzene rings is 2. The number of hydrogen-bond acceptors (Lipinski definition) is 2. The van der Waals surface area contributed by atoms with Crippen molar-refractivity contribution in [1.29, 1.82) is 0 Å². The molecule has 4 aromatic rings. The number of carbonyl (C=O) groups excluding carboxylic acids is 1. The first-order chi connectivity index (χ1) is 13.7. The van der Waals surface area contributed by atoms with E-state index in [1.807, 2.05) is 42.6 Å². The maximum absolute atomic E-state index is 13.6. The molecule has 0 aliphatic heterocycles. The summed E-state index contributed by atoms with van der Waals surface area (Å²) in [4.78, 5) is 19.5. The number of anilines is 1. The molecule has 0 bridgehead atoms. The second kappa shape index (κ2) is 7.92. The Labute approximate surface area is 161 Å². The van der Waals surface area contributed by atoms with Crippen molar-refractivity contribution in [2.75, 3.05) is 5.32 Å². The highest BCUT2D eigenvalue weighted by molar-refractivity contribution is 5.89. The molecule has 0 saturated heterocycles. The molecule has 2 aromatic heterocycles. The first kappa shape index (κ1) is 17.7. The summed E-state index contributed by atoms with van der Waals surface area (Å²) >= 11 is 0. The van der Waals surface area contributed by atoms with Crippen LogP contribution in [0.25, 0.3) is 11.0 Å². The van der Waals surface area contributed by atoms with Gasteiger partial charge in [0.2, 0.25) is 0 Å². The average molecular weight is 374 g/mol. The summed E-state index contributed by atoms with van der Waals surface area (Å²) in [5.74, 6) is -0.334. The van der Waals surface area contributed by atoms with Crippen molar-refractivity contribution in [1.82, 2.24) is 15.3 Å². The van der Waals surface area contributed by atoms with Crippen LogP contribution in [0.3, 0.4) is 0 Å². The van der Waals surface area contributed by atoms with E-state index < -0.39 is 0 Å². The molecule has 0 radical (unpaired) electrons. The second-order valence-corrected chi connectivity index (χ2v) is 6.48. The Morgan fingerprint density at radius 1 is 1.00 bits per heavy atom. The Morgan fingerprint density at radius 3 is 2.64 bits per heavy atom. The van der Waals surface area contributed by atoms with Crippen LogP contribution < -0.4 is 10.6 Å². The molecule has 0 atom stereocenters. The molecule has 0 spiro atoms. The summed E-state index contributed by atoms with van der Waals surface area (Å²) in [5, 5.41) is 6.53. The number of aromatic amines is 1. The van der Waals surface area contributed by atoms with Gasteiger partial charge in [-0.2, -0.15) is 0 Å². The normalized spacial score (nSPS) is 10.8. The minimum Gasteiger partial charge on any atom is -0.346 e. The van der Waals surface area contributed by atoms with Gasteiger partial charge in [0.15, 0.2) is 0 Å². The predicted octanol–water partition coefficient (Wildman–Crippen LogP) is 4.61. The van der Waals surface area contributed by atoms with Gasteiger partial charge in [-0.3, -0.25) is 0 Å². The lowest BCUT2D eigenvalue weighted by Crippen LogP contribution is -2.28. The topological polar surface area (TPSA) is 69.8 Å². The molecule has 28 heavy (non-hydrogen) atoms. The molecular weight excluding hydrogens is 355 g/mol. The van der Waals surface area contributed by atoms with E-state index in [9.17, 15) is 9.18 Å². The summed E-state index contributed by atoms with van der Waals surface area (Å²) in [7, 11) is 0. The molecule has 2 heterocycles. The summed E-state index contributed by atoms with van der Waals surface area (Å²) in [6.07, 6.45) is 4.45. The van der Waals surface area contributed by atoms with Crippen LogP contribution in [0.5, 0.6) is 0 Å². The van der Waals surface area contributed by atoms with Gasteiger partial charge in [0.05, 0.1) is 0 Å². The average Bonchev–Trinajstić information content (AvgIpc) is 3.19. The Bertz CT molecular complexity index is 1100. The molecule has 5 nitrogen and oxygen atoms in total. The standard InChI is InChI=1S/C22H19FN4O/c23-20-4-2-1-3-17(20)14-26-22(28)27-18-7-5-15(6-8-18)13-16-9-11-24-21-19(16)10-12-25-21/h1-12H,13-14H2,(H,24,25)(H2,26,27,28). The van der Waals surface area contributed by atoms with Crippen molar-refractivity contribution >= 4 is 22.8 Å². The molecular formula is C22H19FN4O. The second-order valence-electron chi connectivity index (χ2n) is 6.48. The fourth-order valence-corrected chi connectivity index (χ4v) is 3.09. The van der Waals surface area contributed by atoms with Crippen LogP contribution in [0.15, 0.2) is 73.1 Å². The third-order valence-corrected chi connectivity index (χ3v) is 4.55. The van der Waals surface area contributed by atoms with E-state index in [0.29, 0.717) is 11.3 Å². The number of rotatable bonds is 5. The molecule has 0 fully saturated rings. The SMILES string of the molecule is O=C(NCc1ccccc1F)Nc1ccc(Cc2ccnc3[nH]ccc23)cc1. The lowest BCUT2D eigenvalue weighted by Gasteiger charge is -2.09. The van der Waals surface area contributed by atoms with Gasteiger partial charge in [-0.25, -0.2) is 14.2 Å². The third-order valence-electron chi connectivity index (χ3n) is 4.55. The third kappa shape index (κ3) is 4.01. The first-order valence-corrected chi connectivity index (χ1v) is 8.97. The summed E-state index contributed by atoms with van der Waals surface area (Å²) in [6.45, 7) is 0.130. The summed E-state index contributed by atoms with van der Waals surface area (Å²) < 4.78 is 13.6. The molecule has 2 aromatic carbocycles. The van der Waals surface area contributed by atoms with E-state index in [1.165, 1.54) is 11.6 Å². The maximum atomic E-state index is 13.6. The predicted molar refractivity (Wildman–Crippen MR) is 108 cm³/mol. The van der Waals surface area contributed by atoms with Gasteiger partial charge in [-0.15, -0.1) is 0 Å². The minimum absolute atomic E-state index is 0.130. The molecule has 2 amide bonds. The van der Waals surface area contributed by atoms with Crippen LogP contribution in [0.1, 0.15) is 16.7 Å². The van der Waals surface area contributed by atoms with Crippen LogP contribution >= 0.6 is 0 Å². The van der Waals surface area contributed by atoms with Crippen LogP contribution in [-0.2, 0) is 13.0 Å². The summed E-state index contributed by atoms with van der Waals surface area (Å²) in [6, 6.07) is 17.7. The largest absolute Gasteiger partial charge is 0.346 e. The van der Waals surface area contributed by atoms with E-state index in [4.69, 9.17) is 0 Å². The lowest BCUT2D eigenvalue weighted by atomic mass is 10.0. The van der Waals surface area contributed by atoms with E-state index in [1.54, 1.807) is 24.4 Å². The monoisotopic (exact) mass is 374 g/mol. The van der Waals surface area contributed by atoms with Gasteiger partial charge in [-0.1, -0.05) is 30.3 Å². The van der Waals surface area contributed by atoms with Gasteiger partial charge in [0, 0.05) is 35.6 Å². The quantitative estimate of drug-likeness (QED) is 0.477. The van der Waals surface area contributed by atoms with E-state index >= 15 is 0 Å². The molecule has 0 aliphatic rings. The Balaban J connectivity index is 1.36. The molecule has 0 saturated carbocycles. The number of amides is 2. The zero-order chi connectivity index (χ0) is 19.3. The molecule has 0 aliphatic carbocycles. The first-order valence-electron chi connectivity index (χ1n) is 8.97. The number of nitrogens with zero attached hydrogens (tertiary/aromatic N) is 1. The molecule has 4 rings (SSSR count). The van der Waals surface area contributed by atoms with Gasteiger partial charge in [0.25, 0.3) is 0 Å².